The fourth-order valence-corrected chi connectivity index (χ4v) is 1.74. The number of hydrogen-bond acceptors (Lipinski definition) is 5. The molecule has 0 saturated heterocycles. The summed E-state index contributed by atoms with van der Waals surface area (Å²) < 4.78 is 5.16. The van der Waals surface area contributed by atoms with Gasteiger partial charge in [-0.1, -0.05) is 12.1 Å². The second kappa shape index (κ2) is 7.25. The second-order valence-electron chi connectivity index (χ2n) is 4.03. The molecule has 1 rings (SSSR count). The summed E-state index contributed by atoms with van der Waals surface area (Å²) in [4.78, 5) is 0. The van der Waals surface area contributed by atoms with E-state index >= 15 is 0 Å². The standard InChI is InChI=1S/C12H18N2O4S/c1-18-10-5-3-2-4-9(10)13-11(19)14-12(6-15,7-16)8-17/h2-5,15-17H,6-8H2,1H3,(H2,13,14,19). The lowest BCUT2D eigenvalue weighted by molar-refractivity contribution is 0.0563. The molecule has 1 aromatic rings. The molecule has 0 amide bonds. The van der Waals surface area contributed by atoms with Crippen LogP contribution in [0.4, 0.5) is 5.69 Å². The van der Waals surface area contributed by atoms with Crippen LogP contribution in [0.2, 0.25) is 0 Å². The molecule has 0 saturated carbocycles. The van der Waals surface area contributed by atoms with Gasteiger partial charge in [0.15, 0.2) is 5.11 Å². The van der Waals surface area contributed by atoms with E-state index in [9.17, 15) is 15.3 Å². The van der Waals surface area contributed by atoms with Crippen LogP contribution in [-0.4, -0.2) is 52.9 Å². The van der Waals surface area contributed by atoms with Crippen molar-refractivity contribution in [2.45, 2.75) is 5.54 Å². The summed E-state index contributed by atoms with van der Waals surface area (Å²) in [5.41, 5.74) is -0.614. The van der Waals surface area contributed by atoms with Crippen LogP contribution in [0.1, 0.15) is 0 Å². The summed E-state index contributed by atoms with van der Waals surface area (Å²) in [5.74, 6) is 0.606. The fourth-order valence-electron chi connectivity index (χ4n) is 1.41. The van der Waals surface area contributed by atoms with Crippen LogP contribution in [0.25, 0.3) is 0 Å². The van der Waals surface area contributed by atoms with Gasteiger partial charge in [0.25, 0.3) is 0 Å². The molecule has 0 aliphatic rings. The first kappa shape index (κ1) is 15.6. The number of aliphatic hydroxyl groups excluding tert-OH is 3. The number of thiocarbonyl (C=S) groups is 1. The normalized spacial score (nSPS) is 10.9. The molecule has 0 heterocycles. The van der Waals surface area contributed by atoms with Crippen LogP contribution in [-0.2, 0) is 0 Å². The highest BCUT2D eigenvalue weighted by Crippen LogP contribution is 2.22. The third-order valence-electron chi connectivity index (χ3n) is 2.64. The number of methoxy groups -OCH3 is 1. The highest BCUT2D eigenvalue weighted by atomic mass is 32.1. The van der Waals surface area contributed by atoms with E-state index in [4.69, 9.17) is 17.0 Å². The maximum Gasteiger partial charge on any atom is 0.171 e. The number of anilines is 1. The van der Waals surface area contributed by atoms with Crippen LogP contribution in [0.5, 0.6) is 5.75 Å². The predicted octanol–water partition coefficient (Wildman–Crippen LogP) is -0.303. The smallest absolute Gasteiger partial charge is 0.171 e. The Hall–Kier alpha value is -1.41. The van der Waals surface area contributed by atoms with Crippen molar-refractivity contribution >= 4 is 23.0 Å². The Morgan fingerprint density at radius 3 is 2.32 bits per heavy atom. The van der Waals surface area contributed by atoms with E-state index in [1.165, 1.54) is 7.11 Å². The van der Waals surface area contributed by atoms with Crippen molar-refractivity contribution in [3.05, 3.63) is 24.3 Å². The van der Waals surface area contributed by atoms with E-state index in [-0.39, 0.29) is 5.11 Å². The molecule has 0 radical (unpaired) electrons. The minimum absolute atomic E-state index is 0.168. The third kappa shape index (κ3) is 4.03. The molecule has 0 spiro atoms. The first-order valence-electron chi connectivity index (χ1n) is 5.65. The molecule has 6 nitrogen and oxygen atoms in total. The van der Waals surface area contributed by atoms with Crippen molar-refractivity contribution in [3.63, 3.8) is 0 Å². The maximum absolute atomic E-state index is 9.20. The molecular weight excluding hydrogens is 268 g/mol. The van der Waals surface area contributed by atoms with Crippen LogP contribution in [0, 0.1) is 0 Å². The van der Waals surface area contributed by atoms with Gasteiger partial charge in [0.1, 0.15) is 11.3 Å². The number of ether oxygens (including phenoxy) is 1. The van der Waals surface area contributed by atoms with E-state index in [0.29, 0.717) is 11.4 Å². The quantitative estimate of drug-likeness (QED) is 0.458. The number of aliphatic hydroxyl groups is 3. The summed E-state index contributed by atoms with van der Waals surface area (Å²) in [5, 5.41) is 33.3. The lowest BCUT2D eigenvalue weighted by Gasteiger charge is -2.30. The molecule has 0 unspecified atom stereocenters. The van der Waals surface area contributed by atoms with Crippen molar-refractivity contribution in [1.82, 2.24) is 5.32 Å². The summed E-state index contributed by atoms with van der Waals surface area (Å²) >= 11 is 5.08. The van der Waals surface area contributed by atoms with Gasteiger partial charge in [0.05, 0.1) is 32.6 Å². The van der Waals surface area contributed by atoms with E-state index in [2.05, 4.69) is 10.6 Å². The lowest BCUT2D eigenvalue weighted by atomic mass is 10.0. The Labute approximate surface area is 117 Å². The number of rotatable bonds is 6. The average Bonchev–Trinajstić information content (AvgIpc) is 2.45. The van der Waals surface area contributed by atoms with Gasteiger partial charge in [-0.15, -0.1) is 0 Å². The first-order chi connectivity index (χ1) is 9.10. The highest BCUT2D eigenvalue weighted by molar-refractivity contribution is 7.80. The van der Waals surface area contributed by atoms with Crippen LogP contribution < -0.4 is 15.4 Å². The van der Waals surface area contributed by atoms with Gasteiger partial charge < -0.3 is 30.7 Å². The van der Waals surface area contributed by atoms with Crippen LogP contribution >= 0.6 is 12.2 Å². The van der Waals surface area contributed by atoms with Gasteiger partial charge in [-0.05, 0) is 24.4 Å². The van der Waals surface area contributed by atoms with Crippen molar-refractivity contribution in [2.24, 2.45) is 0 Å². The van der Waals surface area contributed by atoms with Crippen molar-refractivity contribution in [1.29, 1.82) is 0 Å². The fraction of sp³-hybridized carbons (Fsp3) is 0.417. The zero-order valence-electron chi connectivity index (χ0n) is 10.6. The molecular formula is C12H18N2O4S. The Kier molecular flexibility index (Phi) is 5.97. The first-order valence-corrected chi connectivity index (χ1v) is 6.06. The summed E-state index contributed by atoms with van der Waals surface area (Å²) in [6, 6.07) is 7.17. The zero-order valence-corrected chi connectivity index (χ0v) is 11.4. The summed E-state index contributed by atoms with van der Waals surface area (Å²) in [6.45, 7) is -1.35. The van der Waals surface area contributed by atoms with E-state index in [1.54, 1.807) is 12.1 Å². The maximum atomic E-state index is 9.20. The third-order valence-corrected chi connectivity index (χ3v) is 2.85. The SMILES string of the molecule is COc1ccccc1NC(=S)NC(CO)(CO)CO. The largest absolute Gasteiger partial charge is 0.495 e. The molecule has 5 N–H and O–H groups in total. The molecule has 0 aliphatic carbocycles. The van der Waals surface area contributed by atoms with E-state index < -0.39 is 25.4 Å². The molecule has 0 atom stereocenters. The number of benzene rings is 1. The Balaban J connectivity index is 2.74. The van der Waals surface area contributed by atoms with E-state index in [1.807, 2.05) is 12.1 Å². The topological polar surface area (TPSA) is 94.0 Å². The molecule has 0 aromatic heterocycles. The molecule has 0 fully saturated rings. The molecule has 19 heavy (non-hydrogen) atoms. The van der Waals surface area contributed by atoms with Gasteiger partial charge in [-0.2, -0.15) is 0 Å². The van der Waals surface area contributed by atoms with Gasteiger partial charge >= 0.3 is 0 Å². The number of para-hydroxylation sites is 2. The molecule has 0 aliphatic heterocycles. The van der Waals surface area contributed by atoms with Crippen molar-refractivity contribution in [3.8, 4) is 5.75 Å². The molecule has 7 heteroatoms. The monoisotopic (exact) mass is 286 g/mol. The Morgan fingerprint density at radius 2 is 1.79 bits per heavy atom. The number of hydrogen-bond donors (Lipinski definition) is 5. The van der Waals surface area contributed by atoms with Gasteiger partial charge in [-0.25, -0.2) is 0 Å². The molecule has 106 valence electrons. The van der Waals surface area contributed by atoms with Crippen molar-refractivity contribution in [2.75, 3.05) is 32.2 Å². The number of nitrogens with one attached hydrogen (secondary N) is 2. The van der Waals surface area contributed by atoms with Gasteiger partial charge in [0.2, 0.25) is 0 Å². The van der Waals surface area contributed by atoms with Gasteiger partial charge in [-0.3, -0.25) is 0 Å². The Bertz CT molecular complexity index is 416. The second-order valence-corrected chi connectivity index (χ2v) is 4.44. The minimum Gasteiger partial charge on any atom is -0.495 e. The van der Waals surface area contributed by atoms with E-state index in [0.717, 1.165) is 0 Å². The average molecular weight is 286 g/mol. The van der Waals surface area contributed by atoms with Crippen LogP contribution in [0.3, 0.4) is 0 Å². The van der Waals surface area contributed by atoms with Crippen LogP contribution in [0.15, 0.2) is 24.3 Å². The van der Waals surface area contributed by atoms with Gasteiger partial charge in [0, 0.05) is 0 Å². The molecule has 1 aromatic carbocycles. The zero-order chi connectivity index (χ0) is 14.3. The highest BCUT2D eigenvalue weighted by Gasteiger charge is 2.28. The predicted molar refractivity (Wildman–Crippen MR) is 76.3 cm³/mol. The summed E-state index contributed by atoms with van der Waals surface area (Å²) in [7, 11) is 1.54. The lowest BCUT2D eigenvalue weighted by Crippen LogP contribution is -2.58. The Morgan fingerprint density at radius 1 is 1.21 bits per heavy atom. The summed E-state index contributed by atoms with van der Waals surface area (Å²) in [6.07, 6.45) is 0. The minimum atomic E-state index is -1.26. The molecule has 0 bridgehead atoms. The van der Waals surface area contributed by atoms with Crippen molar-refractivity contribution < 1.29 is 20.1 Å².